The summed E-state index contributed by atoms with van der Waals surface area (Å²) in [6, 6.07) is 11.9. The lowest BCUT2D eigenvalue weighted by Gasteiger charge is -2.04. The van der Waals surface area contributed by atoms with E-state index in [2.05, 4.69) is 32.1 Å². The Morgan fingerprint density at radius 1 is 1.00 bits per heavy atom. The molecule has 120 valence electrons. The predicted octanol–water partition coefficient (Wildman–Crippen LogP) is 3.87. The summed E-state index contributed by atoms with van der Waals surface area (Å²) >= 11 is 0. The molecule has 6 nitrogen and oxygen atoms in total. The minimum absolute atomic E-state index is 0.788. The summed E-state index contributed by atoms with van der Waals surface area (Å²) in [5.41, 5.74) is 8.34. The minimum atomic E-state index is 0.788. The number of aromatic nitrogens is 6. The molecule has 0 atom stereocenters. The molecule has 0 radical (unpaired) electrons. The van der Waals surface area contributed by atoms with E-state index >= 15 is 0 Å². The molecule has 2 N–H and O–H groups in total. The van der Waals surface area contributed by atoms with E-state index in [9.17, 15) is 0 Å². The molecule has 5 heterocycles. The molecule has 6 heteroatoms. The van der Waals surface area contributed by atoms with Gasteiger partial charge in [0.05, 0.1) is 27.9 Å². The van der Waals surface area contributed by atoms with Crippen molar-refractivity contribution in [1.82, 2.24) is 30.1 Å². The van der Waals surface area contributed by atoms with Crippen LogP contribution in [0.25, 0.3) is 44.7 Å². The van der Waals surface area contributed by atoms with Gasteiger partial charge in [0.25, 0.3) is 0 Å². The first-order chi connectivity index (χ1) is 12.3. The SMILES string of the molecule is Cc1ccncc1-c1ccc2[nH]nc(-c3cc4ncccc4[nH]3)c2n1. The van der Waals surface area contributed by atoms with Gasteiger partial charge in [-0.1, -0.05) is 0 Å². The van der Waals surface area contributed by atoms with Gasteiger partial charge in [-0.3, -0.25) is 15.1 Å². The zero-order valence-corrected chi connectivity index (χ0v) is 13.5. The first-order valence-corrected chi connectivity index (χ1v) is 8.00. The van der Waals surface area contributed by atoms with E-state index in [1.165, 1.54) is 0 Å². The molecule has 0 aromatic carbocycles. The maximum Gasteiger partial charge on any atom is 0.135 e. The number of fused-ring (bicyclic) bond motifs is 2. The fourth-order valence-corrected chi connectivity index (χ4v) is 3.05. The zero-order valence-electron chi connectivity index (χ0n) is 13.5. The Morgan fingerprint density at radius 2 is 1.96 bits per heavy atom. The van der Waals surface area contributed by atoms with Crippen LogP contribution in [0, 0.1) is 6.92 Å². The van der Waals surface area contributed by atoms with E-state index in [0.29, 0.717) is 0 Å². The minimum Gasteiger partial charge on any atom is -0.352 e. The molecule has 0 saturated carbocycles. The second-order valence-electron chi connectivity index (χ2n) is 5.97. The average molecular weight is 326 g/mol. The normalized spacial score (nSPS) is 11.4. The Bertz CT molecular complexity index is 1180. The highest BCUT2D eigenvalue weighted by molar-refractivity contribution is 5.93. The molecule has 0 amide bonds. The Morgan fingerprint density at radius 3 is 2.84 bits per heavy atom. The van der Waals surface area contributed by atoms with Crippen LogP contribution in [0.5, 0.6) is 0 Å². The largest absolute Gasteiger partial charge is 0.352 e. The van der Waals surface area contributed by atoms with Crippen LogP contribution in [-0.2, 0) is 0 Å². The molecule has 0 fully saturated rings. The van der Waals surface area contributed by atoms with Crippen molar-refractivity contribution in [1.29, 1.82) is 0 Å². The molecule has 5 aromatic rings. The van der Waals surface area contributed by atoms with Gasteiger partial charge in [-0.15, -0.1) is 0 Å². The molecule has 5 aromatic heterocycles. The van der Waals surface area contributed by atoms with E-state index in [1.54, 1.807) is 12.4 Å². The molecule has 0 aliphatic heterocycles. The van der Waals surface area contributed by atoms with Gasteiger partial charge in [0.1, 0.15) is 11.2 Å². The molecule has 0 spiro atoms. The van der Waals surface area contributed by atoms with E-state index in [4.69, 9.17) is 4.98 Å². The van der Waals surface area contributed by atoms with Gasteiger partial charge in [-0.2, -0.15) is 5.10 Å². The fraction of sp³-hybridized carbons (Fsp3) is 0.0526. The number of H-pyrrole nitrogens is 2. The van der Waals surface area contributed by atoms with Crippen LogP contribution in [0.1, 0.15) is 5.56 Å². The second kappa shape index (κ2) is 5.24. The van der Waals surface area contributed by atoms with Gasteiger partial charge in [-0.25, -0.2) is 4.98 Å². The first-order valence-electron chi connectivity index (χ1n) is 8.00. The second-order valence-corrected chi connectivity index (χ2v) is 5.97. The lowest BCUT2D eigenvalue weighted by atomic mass is 10.1. The third kappa shape index (κ3) is 2.19. The van der Waals surface area contributed by atoms with E-state index in [0.717, 1.165) is 50.3 Å². The van der Waals surface area contributed by atoms with Crippen molar-refractivity contribution in [3.8, 4) is 22.6 Å². The number of nitrogens with one attached hydrogen (secondary N) is 2. The Balaban J connectivity index is 1.71. The molecular formula is C19H14N6. The van der Waals surface area contributed by atoms with Gasteiger partial charge < -0.3 is 4.98 Å². The van der Waals surface area contributed by atoms with Crippen molar-refractivity contribution < 1.29 is 0 Å². The molecule has 5 rings (SSSR count). The predicted molar refractivity (Wildman–Crippen MR) is 96.9 cm³/mol. The molecular weight excluding hydrogens is 312 g/mol. The Kier molecular flexibility index (Phi) is 2.90. The maximum atomic E-state index is 4.84. The highest BCUT2D eigenvalue weighted by atomic mass is 15.1. The number of hydrogen-bond donors (Lipinski definition) is 2. The number of aryl methyl sites for hydroxylation is 1. The number of hydrogen-bond acceptors (Lipinski definition) is 4. The summed E-state index contributed by atoms with van der Waals surface area (Å²) in [7, 11) is 0. The van der Waals surface area contributed by atoms with Crippen molar-refractivity contribution in [3.63, 3.8) is 0 Å². The van der Waals surface area contributed by atoms with Gasteiger partial charge in [0, 0.05) is 24.2 Å². The van der Waals surface area contributed by atoms with Crippen LogP contribution >= 0.6 is 0 Å². The molecule has 0 aliphatic carbocycles. The molecule has 0 aliphatic rings. The third-order valence-electron chi connectivity index (χ3n) is 4.37. The van der Waals surface area contributed by atoms with Crippen LogP contribution in [0.15, 0.2) is 55.0 Å². The van der Waals surface area contributed by atoms with Crippen LogP contribution in [0.2, 0.25) is 0 Å². The molecule has 0 unspecified atom stereocenters. The summed E-state index contributed by atoms with van der Waals surface area (Å²) in [6.07, 6.45) is 5.42. The summed E-state index contributed by atoms with van der Waals surface area (Å²) in [6.45, 7) is 2.06. The monoisotopic (exact) mass is 326 g/mol. The highest BCUT2D eigenvalue weighted by Crippen LogP contribution is 2.29. The van der Waals surface area contributed by atoms with Gasteiger partial charge in [0.2, 0.25) is 0 Å². The smallest absolute Gasteiger partial charge is 0.135 e. The van der Waals surface area contributed by atoms with Crippen LogP contribution in [0.4, 0.5) is 0 Å². The summed E-state index contributed by atoms with van der Waals surface area (Å²) < 4.78 is 0. The van der Waals surface area contributed by atoms with Crippen molar-refractivity contribution in [2.24, 2.45) is 0 Å². The summed E-state index contributed by atoms with van der Waals surface area (Å²) in [4.78, 5) is 16.8. The number of rotatable bonds is 2. The zero-order chi connectivity index (χ0) is 16.8. The van der Waals surface area contributed by atoms with Crippen molar-refractivity contribution >= 4 is 22.1 Å². The molecule has 0 bridgehead atoms. The molecule has 25 heavy (non-hydrogen) atoms. The maximum absolute atomic E-state index is 4.84. The van der Waals surface area contributed by atoms with Gasteiger partial charge in [0.15, 0.2) is 0 Å². The average Bonchev–Trinajstić information content (AvgIpc) is 3.25. The van der Waals surface area contributed by atoms with E-state index < -0.39 is 0 Å². The van der Waals surface area contributed by atoms with Crippen LogP contribution in [-0.4, -0.2) is 30.1 Å². The van der Waals surface area contributed by atoms with E-state index in [1.807, 2.05) is 42.6 Å². The van der Waals surface area contributed by atoms with E-state index in [-0.39, 0.29) is 0 Å². The third-order valence-corrected chi connectivity index (χ3v) is 4.37. The Hall–Kier alpha value is -3.54. The van der Waals surface area contributed by atoms with Crippen molar-refractivity contribution in [3.05, 3.63) is 60.6 Å². The lowest BCUT2D eigenvalue weighted by molar-refractivity contribution is 1.12. The fourth-order valence-electron chi connectivity index (χ4n) is 3.05. The lowest BCUT2D eigenvalue weighted by Crippen LogP contribution is -1.89. The Labute approximate surface area is 143 Å². The van der Waals surface area contributed by atoms with Crippen LogP contribution in [0.3, 0.4) is 0 Å². The number of pyridine rings is 3. The highest BCUT2D eigenvalue weighted by Gasteiger charge is 2.14. The summed E-state index contributed by atoms with van der Waals surface area (Å²) in [5.74, 6) is 0. The quantitative estimate of drug-likeness (QED) is 0.516. The molecule has 0 saturated heterocycles. The van der Waals surface area contributed by atoms with Crippen LogP contribution < -0.4 is 0 Å². The van der Waals surface area contributed by atoms with Crippen molar-refractivity contribution in [2.75, 3.05) is 0 Å². The number of nitrogens with zero attached hydrogens (tertiary/aromatic N) is 4. The van der Waals surface area contributed by atoms with Crippen molar-refractivity contribution in [2.45, 2.75) is 6.92 Å². The first kappa shape index (κ1) is 13.9. The van der Waals surface area contributed by atoms with Gasteiger partial charge >= 0.3 is 0 Å². The topological polar surface area (TPSA) is 83.1 Å². The summed E-state index contributed by atoms with van der Waals surface area (Å²) in [5, 5.41) is 7.51. The number of aromatic amines is 2. The van der Waals surface area contributed by atoms with Gasteiger partial charge in [-0.05, 0) is 48.9 Å². The standard InChI is InChI=1S/C19H14N6/c1-11-6-8-20-10-12(11)13-4-5-15-18(23-13)19(25-24-15)17-9-16-14(22-17)3-2-7-21-16/h2-10,22H,1H3,(H,24,25).